The third-order valence-corrected chi connectivity index (χ3v) is 8.67. The molecular formula is C13H29NOSi. The number of rotatable bonds is 8. The van der Waals surface area contributed by atoms with E-state index < -0.39 is 8.48 Å². The zero-order chi connectivity index (χ0) is 11.9. The fraction of sp³-hybridized carbons (Fsp3) is 1.00. The van der Waals surface area contributed by atoms with E-state index in [-0.39, 0.29) is 0 Å². The van der Waals surface area contributed by atoms with E-state index >= 15 is 0 Å². The lowest BCUT2D eigenvalue weighted by atomic mass is 10.3. The predicted octanol–water partition coefficient (Wildman–Crippen LogP) is 3.82. The van der Waals surface area contributed by atoms with Crippen molar-refractivity contribution in [2.24, 2.45) is 0 Å². The van der Waals surface area contributed by atoms with Crippen molar-refractivity contribution in [3.05, 3.63) is 0 Å². The molecule has 1 aliphatic rings. The molecule has 1 unspecified atom stereocenters. The molecule has 0 aromatic heterocycles. The van der Waals surface area contributed by atoms with Crippen LogP contribution < -0.4 is 4.98 Å². The molecule has 3 heteroatoms. The Kier molecular flexibility index (Phi) is 6.62. The summed E-state index contributed by atoms with van der Waals surface area (Å²) in [6, 6.07) is 1.29. The first-order valence-corrected chi connectivity index (χ1v) is 9.28. The van der Waals surface area contributed by atoms with Crippen LogP contribution in [0.15, 0.2) is 0 Å². The molecule has 1 N–H and O–H groups in total. The van der Waals surface area contributed by atoms with E-state index in [1.54, 1.807) is 0 Å². The lowest BCUT2D eigenvalue weighted by Crippen LogP contribution is -2.56. The summed E-state index contributed by atoms with van der Waals surface area (Å²) in [5, 5.41) is 0. The van der Waals surface area contributed by atoms with Crippen molar-refractivity contribution >= 4 is 8.48 Å². The van der Waals surface area contributed by atoms with Crippen LogP contribution in [0, 0.1) is 0 Å². The molecule has 0 heterocycles. The van der Waals surface area contributed by atoms with E-state index in [9.17, 15) is 0 Å². The molecule has 0 bridgehead atoms. The molecule has 0 spiro atoms. The van der Waals surface area contributed by atoms with Gasteiger partial charge in [-0.3, -0.25) is 0 Å². The fourth-order valence-electron chi connectivity index (χ4n) is 3.02. The normalized spacial score (nSPS) is 21.2. The molecule has 0 aliphatic heterocycles. The highest BCUT2D eigenvalue weighted by Crippen LogP contribution is 2.39. The molecule has 1 saturated carbocycles. The zero-order valence-corrected chi connectivity index (χ0v) is 12.3. The molecule has 0 amide bonds. The van der Waals surface area contributed by atoms with Gasteiger partial charge in [0, 0.05) is 7.11 Å². The monoisotopic (exact) mass is 243 g/mol. The van der Waals surface area contributed by atoms with E-state index in [2.05, 4.69) is 18.8 Å². The number of hydrogen-bond donors (Lipinski definition) is 1. The predicted molar refractivity (Wildman–Crippen MR) is 73.0 cm³/mol. The van der Waals surface area contributed by atoms with Gasteiger partial charge < -0.3 is 9.41 Å². The lowest BCUT2D eigenvalue weighted by Gasteiger charge is -2.35. The van der Waals surface area contributed by atoms with Gasteiger partial charge in [-0.2, -0.15) is 0 Å². The smallest absolute Gasteiger partial charge is 0.271 e. The third-order valence-electron chi connectivity index (χ3n) is 3.95. The fourth-order valence-corrected chi connectivity index (χ4v) is 7.26. The maximum absolute atomic E-state index is 6.04. The minimum absolute atomic E-state index is 0.870. The Morgan fingerprint density at radius 2 is 1.88 bits per heavy atom. The Hall–Kier alpha value is 0.137. The van der Waals surface area contributed by atoms with E-state index in [1.165, 1.54) is 51.0 Å². The van der Waals surface area contributed by atoms with Gasteiger partial charge in [-0.25, -0.2) is 0 Å². The summed E-state index contributed by atoms with van der Waals surface area (Å²) >= 11 is 0. The van der Waals surface area contributed by atoms with Gasteiger partial charge >= 0.3 is 0 Å². The second kappa shape index (κ2) is 7.46. The quantitative estimate of drug-likeness (QED) is 0.517. The minimum Gasteiger partial charge on any atom is -0.406 e. The van der Waals surface area contributed by atoms with Crippen LogP contribution in [0.3, 0.4) is 0 Å². The Labute approximate surface area is 102 Å². The van der Waals surface area contributed by atoms with Gasteiger partial charge in [0.1, 0.15) is 0 Å². The van der Waals surface area contributed by atoms with E-state index in [0.29, 0.717) is 0 Å². The zero-order valence-electron chi connectivity index (χ0n) is 11.3. The Balaban J connectivity index is 2.56. The van der Waals surface area contributed by atoms with Crippen LogP contribution in [-0.4, -0.2) is 22.1 Å². The second-order valence-electron chi connectivity index (χ2n) is 5.11. The standard InChI is InChI=1S/C13H29NOSi/c1-4-6-11-14-16(15-3,12-5-2)13-9-7-8-10-13/h13-14H,4-12H2,1-3H3. The van der Waals surface area contributed by atoms with Crippen molar-refractivity contribution < 1.29 is 4.43 Å². The Bertz CT molecular complexity index is 183. The van der Waals surface area contributed by atoms with Gasteiger partial charge in [-0.05, 0) is 37.4 Å². The Morgan fingerprint density at radius 3 is 2.38 bits per heavy atom. The summed E-state index contributed by atoms with van der Waals surface area (Å²) in [5.41, 5.74) is 0.870. The molecule has 96 valence electrons. The van der Waals surface area contributed by atoms with Crippen LogP contribution in [-0.2, 0) is 4.43 Å². The maximum atomic E-state index is 6.04. The van der Waals surface area contributed by atoms with Gasteiger partial charge in [-0.15, -0.1) is 0 Å². The molecule has 1 aliphatic carbocycles. The SMILES string of the molecule is CCCCN[Si](CCC)(OC)C1CCCC1. The molecule has 16 heavy (non-hydrogen) atoms. The Morgan fingerprint density at radius 1 is 1.19 bits per heavy atom. The van der Waals surface area contributed by atoms with Crippen LogP contribution in [0.2, 0.25) is 11.6 Å². The summed E-state index contributed by atoms with van der Waals surface area (Å²) in [6.45, 7) is 5.71. The molecule has 0 radical (unpaired) electrons. The van der Waals surface area contributed by atoms with Crippen molar-refractivity contribution in [3.63, 3.8) is 0 Å². The van der Waals surface area contributed by atoms with Crippen molar-refractivity contribution in [1.82, 2.24) is 4.98 Å². The minimum atomic E-state index is -1.62. The first kappa shape index (κ1) is 14.2. The molecule has 1 fully saturated rings. The first-order valence-electron chi connectivity index (χ1n) is 7.09. The highest BCUT2D eigenvalue weighted by molar-refractivity contribution is 6.72. The van der Waals surface area contributed by atoms with E-state index in [4.69, 9.17) is 4.43 Å². The van der Waals surface area contributed by atoms with E-state index in [1.807, 2.05) is 7.11 Å². The summed E-state index contributed by atoms with van der Waals surface area (Å²) < 4.78 is 6.04. The van der Waals surface area contributed by atoms with Crippen LogP contribution in [0.5, 0.6) is 0 Å². The molecule has 1 atom stereocenters. The number of unbranched alkanes of at least 4 members (excludes halogenated alkanes) is 1. The van der Waals surface area contributed by atoms with Crippen LogP contribution >= 0.6 is 0 Å². The first-order chi connectivity index (χ1) is 7.79. The van der Waals surface area contributed by atoms with Gasteiger partial charge in [0.05, 0.1) is 0 Å². The average molecular weight is 243 g/mol. The van der Waals surface area contributed by atoms with Crippen molar-refractivity contribution in [1.29, 1.82) is 0 Å². The highest BCUT2D eigenvalue weighted by Gasteiger charge is 2.42. The summed E-state index contributed by atoms with van der Waals surface area (Å²) in [5.74, 6) is 0. The van der Waals surface area contributed by atoms with Gasteiger partial charge in [0.15, 0.2) is 0 Å². The average Bonchev–Trinajstić information content (AvgIpc) is 2.82. The molecule has 1 rings (SSSR count). The summed E-state index contributed by atoms with van der Waals surface area (Å²) in [4.78, 5) is 3.84. The third kappa shape index (κ3) is 3.57. The van der Waals surface area contributed by atoms with E-state index in [0.717, 1.165) is 12.1 Å². The van der Waals surface area contributed by atoms with Gasteiger partial charge in [-0.1, -0.05) is 39.5 Å². The second-order valence-corrected chi connectivity index (χ2v) is 8.96. The summed E-state index contributed by atoms with van der Waals surface area (Å²) in [6.07, 6.45) is 9.46. The summed E-state index contributed by atoms with van der Waals surface area (Å²) in [7, 11) is 0.320. The lowest BCUT2D eigenvalue weighted by molar-refractivity contribution is 0.357. The van der Waals surface area contributed by atoms with Crippen molar-refractivity contribution in [2.75, 3.05) is 13.7 Å². The van der Waals surface area contributed by atoms with Crippen LogP contribution in [0.4, 0.5) is 0 Å². The highest BCUT2D eigenvalue weighted by atomic mass is 28.4. The van der Waals surface area contributed by atoms with Gasteiger partial charge in [0.25, 0.3) is 8.48 Å². The number of hydrogen-bond acceptors (Lipinski definition) is 2. The largest absolute Gasteiger partial charge is 0.406 e. The van der Waals surface area contributed by atoms with Crippen LogP contribution in [0.1, 0.15) is 58.8 Å². The van der Waals surface area contributed by atoms with Gasteiger partial charge in [0.2, 0.25) is 0 Å². The molecular weight excluding hydrogens is 214 g/mol. The van der Waals surface area contributed by atoms with Crippen molar-refractivity contribution in [3.8, 4) is 0 Å². The molecule has 0 saturated heterocycles. The van der Waals surface area contributed by atoms with Crippen molar-refractivity contribution in [2.45, 2.75) is 70.4 Å². The maximum Gasteiger partial charge on any atom is 0.271 e. The molecule has 2 nitrogen and oxygen atoms in total. The topological polar surface area (TPSA) is 21.3 Å². The molecule has 0 aromatic carbocycles. The molecule has 0 aromatic rings. The van der Waals surface area contributed by atoms with Crippen LogP contribution in [0.25, 0.3) is 0 Å². The number of nitrogens with one attached hydrogen (secondary N) is 1.